The van der Waals surface area contributed by atoms with Gasteiger partial charge in [-0.2, -0.15) is 0 Å². The summed E-state index contributed by atoms with van der Waals surface area (Å²) in [5, 5.41) is 1.08. The van der Waals surface area contributed by atoms with E-state index in [0.717, 1.165) is 30.3 Å². The van der Waals surface area contributed by atoms with Gasteiger partial charge in [0.25, 0.3) is 0 Å². The van der Waals surface area contributed by atoms with Crippen molar-refractivity contribution in [3.05, 3.63) is 29.3 Å². The fraction of sp³-hybridized carbons (Fsp3) is 0.571. The maximum Gasteiger partial charge on any atom is 0.123 e. The van der Waals surface area contributed by atoms with Crippen molar-refractivity contribution in [3.8, 4) is 5.75 Å². The zero-order chi connectivity index (χ0) is 11.6. The van der Waals surface area contributed by atoms with Crippen molar-refractivity contribution in [1.29, 1.82) is 0 Å². The Kier molecular flexibility index (Phi) is 3.58. The van der Waals surface area contributed by atoms with Gasteiger partial charge in [0, 0.05) is 5.33 Å². The summed E-state index contributed by atoms with van der Waals surface area (Å²) in [6, 6.07) is 6.65. The van der Waals surface area contributed by atoms with Crippen LogP contribution in [0.25, 0.3) is 0 Å². The van der Waals surface area contributed by atoms with Gasteiger partial charge in [-0.3, -0.25) is 0 Å². The van der Waals surface area contributed by atoms with Crippen molar-refractivity contribution in [1.82, 2.24) is 0 Å². The first kappa shape index (κ1) is 12.0. The van der Waals surface area contributed by atoms with Crippen molar-refractivity contribution >= 4 is 15.9 Å². The summed E-state index contributed by atoms with van der Waals surface area (Å²) < 4.78 is 5.97. The molecular weight excluding hydrogens is 264 g/mol. The van der Waals surface area contributed by atoms with Gasteiger partial charge >= 0.3 is 0 Å². The molecular formula is C14H19BrO. The summed E-state index contributed by atoms with van der Waals surface area (Å²) in [4.78, 5) is 0. The summed E-state index contributed by atoms with van der Waals surface area (Å²) >= 11 is 3.47. The molecule has 0 aromatic heterocycles. The molecule has 0 amide bonds. The van der Waals surface area contributed by atoms with Crippen molar-refractivity contribution in [2.75, 3.05) is 5.33 Å². The van der Waals surface area contributed by atoms with Crippen LogP contribution in [0.4, 0.5) is 0 Å². The topological polar surface area (TPSA) is 9.23 Å². The van der Waals surface area contributed by atoms with Gasteiger partial charge in [0.2, 0.25) is 0 Å². The minimum atomic E-state index is 0.00434. The molecule has 0 saturated heterocycles. The molecule has 1 aliphatic heterocycles. The van der Waals surface area contributed by atoms with E-state index in [2.05, 4.69) is 48.0 Å². The Labute approximate surface area is 106 Å². The minimum Gasteiger partial charge on any atom is -0.488 e. The van der Waals surface area contributed by atoms with Crippen LogP contribution < -0.4 is 4.74 Å². The van der Waals surface area contributed by atoms with E-state index in [0.29, 0.717) is 0 Å². The SMILES string of the molecule is CC1(C)CCc2cc(CCCBr)ccc2O1. The van der Waals surface area contributed by atoms with Gasteiger partial charge in [-0.05, 0) is 56.7 Å². The Morgan fingerprint density at radius 3 is 2.94 bits per heavy atom. The number of hydrogen-bond donors (Lipinski definition) is 0. The Morgan fingerprint density at radius 1 is 1.38 bits per heavy atom. The predicted octanol–water partition coefficient (Wildman–Crippen LogP) is 4.12. The molecule has 0 N–H and O–H groups in total. The summed E-state index contributed by atoms with van der Waals surface area (Å²) in [6.45, 7) is 4.32. The molecule has 1 aromatic rings. The van der Waals surface area contributed by atoms with Crippen molar-refractivity contribution in [2.24, 2.45) is 0 Å². The Bertz CT molecular complexity index is 371. The summed E-state index contributed by atoms with van der Waals surface area (Å²) in [6.07, 6.45) is 4.61. The number of hydrogen-bond acceptors (Lipinski definition) is 1. The van der Waals surface area contributed by atoms with E-state index in [4.69, 9.17) is 4.74 Å². The summed E-state index contributed by atoms with van der Waals surface area (Å²) in [5.74, 6) is 1.08. The maximum atomic E-state index is 5.97. The number of ether oxygens (including phenoxy) is 1. The van der Waals surface area contributed by atoms with E-state index in [1.165, 1.54) is 17.5 Å². The number of halogens is 1. The normalized spacial score (nSPS) is 17.7. The van der Waals surface area contributed by atoms with Crippen LogP contribution >= 0.6 is 15.9 Å². The van der Waals surface area contributed by atoms with Crippen LogP contribution in [-0.2, 0) is 12.8 Å². The van der Waals surface area contributed by atoms with Gasteiger partial charge < -0.3 is 4.74 Å². The molecule has 1 aromatic carbocycles. The molecule has 0 fully saturated rings. The molecule has 0 radical (unpaired) electrons. The second kappa shape index (κ2) is 4.79. The van der Waals surface area contributed by atoms with Gasteiger partial charge in [0.1, 0.15) is 11.4 Å². The quantitative estimate of drug-likeness (QED) is 0.758. The average Bonchev–Trinajstić information content (AvgIpc) is 2.25. The highest BCUT2D eigenvalue weighted by molar-refractivity contribution is 9.09. The minimum absolute atomic E-state index is 0.00434. The van der Waals surface area contributed by atoms with E-state index in [9.17, 15) is 0 Å². The highest BCUT2D eigenvalue weighted by atomic mass is 79.9. The molecule has 0 bridgehead atoms. The van der Waals surface area contributed by atoms with E-state index < -0.39 is 0 Å². The third kappa shape index (κ3) is 2.79. The van der Waals surface area contributed by atoms with E-state index in [-0.39, 0.29) is 5.60 Å². The third-order valence-electron chi connectivity index (χ3n) is 3.11. The summed E-state index contributed by atoms with van der Waals surface area (Å²) in [5.41, 5.74) is 2.82. The molecule has 1 aliphatic rings. The van der Waals surface area contributed by atoms with E-state index >= 15 is 0 Å². The first-order chi connectivity index (χ1) is 7.61. The molecule has 0 saturated carbocycles. The number of benzene rings is 1. The Balaban J connectivity index is 2.15. The average molecular weight is 283 g/mol. The van der Waals surface area contributed by atoms with Crippen LogP contribution in [0.15, 0.2) is 18.2 Å². The zero-order valence-corrected chi connectivity index (χ0v) is 11.6. The Hall–Kier alpha value is -0.500. The van der Waals surface area contributed by atoms with Crippen LogP contribution in [0, 0.1) is 0 Å². The molecule has 0 spiro atoms. The lowest BCUT2D eigenvalue weighted by molar-refractivity contribution is 0.0846. The lowest BCUT2D eigenvalue weighted by atomic mass is 9.93. The predicted molar refractivity (Wildman–Crippen MR) is 71.6 cm³/mol. The number of rotatable bonds is 3. The monoisotopic (exact) mass is 282 g/mol. The van der Waals surface area contributed by atoms with Crippen LogP contribution in [0.3, 0.4) is 0 Å². The molecule has 0 unspecified atom stereocenters. The van der Waals surface area contributed by atoms with Crippen molar-refractivity contribution < 1.29 is 4.74 Å². The van der Waals surface area contributed by atoms with Crippen LogP contribution in [-0.4, -0.2) is 10.9 Å². The van der Waals surface area contributed by atoms with Gasteiger partial charge in [-0.15, -0.1) is 0 Å². The van der Waals surface area contributed by atoms with Gasteiger partial charge in [0.05, 0.1) is 0 Å². The lowest BCUT2D eigenvalue weighted by Crippen LogP contribution is -2.32. The number of fused-ring (bicyclic) bond motifs is 1. The molecule has 88 valence electrons. The molecule has 2 rings (SSSR count). The highest BCUT2D eigenvalue weighted by Crippen LogP contribution is 2.33. The summed E-state index contributed by atoms with van der Waals surface area (Å²) in [7, 11) is 0. The van der Waals surface area contributed by atoms with Crippen LogP contribution in [0.1, 0.15) is 37.8 Å². The second-order valence-corrected chi connectivity index (χ2v) is 5.89. The molecule has 16 heavy (non-hydrogen) atoms. The maximum absolute atomic E-state index is 5.97. The fourth-order valence-corrected chi connectivity index (χ4v) is 2.42. The first-order valence-electron chi connectivity index (χ1n) is 5.97. The molecule has 2 heteroatoms. The van der Waals surface area contributed by atoms with Crippen LogP contribution in [0.2, 0.25) is 0 Å². The largest absolute Gasteiger partial charge is 0.488 e. The standard InChI is InChI=1S/C14H19BrO/c1-14(2)8-7-12-10-11(4-3-9-15)5-6-13(12)16-14/h5-6,10H,3-4,7-9H2,1-2H3. The van der Waals surface area contributed by atoms with Crippen molar-refractivity contribution in [2.45, 2.75) is 45.1 Å². The number of alkyl halides is 1. The highest BCUT2D eigenvalue weighted by Gasteiger charge is 2.26. The smallest absolute Gasteiger partial charge is 0.123 e. The number of aryl methyl sites for hydroxylation is 2. The van der Waals surface area contributed by atoms with Crippen molar-refractivity contribution in [3.63, 3.8) is 0 Å². The molecule has 1 nitrogen and oxygen atoms in total. The third-order valence-corrected chi connectivity index (χ3v) is 3.67. The molecule has 0 aliphatic carbocycles. The Morgan fingerprint density at radius 2 is 2.19 bits per heavy atom. The molecule has 0 atom stereocenters. The fourth-order valence-electron chi connectivity index (χ4n) is 2.14. The van der Waals surface area contributed by atoms with Gasteiger partial charge in [0.15, 0.2) is 0 Å². The lowest BCUT2D eigenvalue weighted by Gasteiger charge is -2.32. The zero-order valence-electron chi connectivity index (χ0n) is 10.1. The van der Waals surface area contributed by atoms with Gasteiger partial charge in [-0.25, -0.2) is 0 Å². The van der Waals surface area contributed by atoms with Crippen LogP contribution in [0.5, 0.6) is 5.75 Å². The van der Waals surface area contributed by atoms with E-state index in [1.54, 1.807) is 0 Å². The van der Waals surface area contributed by atoms with E-state index in [1.807, 2.05) is 0 Å². The second-order valence-electron chi connectivity index (χ2n) is 5.10. The first-order valence-corrected chi connectivity index (χ1v) is 7.10. The molecule has 1 heterocycles. The van der Waals surface area contributed by atoms with Gasteiger partial charge in [-0.1, -0.05) is 28.1 Å².